The molecule has 3 heterocycles. The van der Waals surface area contributed by atoms with Crippen molar-refractivity contribution in [2.45, 2.75) is 25.2 Å². The molecule has 1 aromatic carbocycles. The van der Waals surface area contributed by atoms with Gasteiger partial charge in [-0.1, -0.05) is 0 Å². The van der Waals surface area contributed by atoms with Crippen molar-refractivity contribution < 1.29 is 27.8 Å². The highest BCUT2D eigenvalue weighted by Gasteiger charge is 2.43. The van der Waals surface area contributed by atoms with Crippen LogP contribution in [-0.4, -0.2) is 52.6 Å². The van der Waals surface area contributed by atoms with Gasteiger partial charge in [0.1, 0.15) is 30.1 Å². The molecular weight excluding hydrogens is 474 g/mol. The highest BCUT2D eigenvalue weighted by Crippen LogP contribution is 2.27. The van der Waals surface area contributed by atoms with Crippen molar-refractivity contribution >= 4 is 23.2 Å². The number of nitrogens with zero attached hydrogens (tertiary/aromatic N) is 3. The number of carbonyl (C=O) groups is 2. The minimum atomic E-state index is -1.32. The lowest BCUT2D eigenvalue weighted by atomic mass is 9.96. The molecule has 3 aromatic rings. The first-order valence-electron chi connectivity index (χ1n) is 11.0. The van der Waals surface area contributed by atoms with E-state index in [1.807, 2.05) is 0 Å². The first-order chi connectivity index (χ1) is 17.4. The topological polar surface area (TPSA) is 127 Å². The second-order valence-electron chi connectivity index (χ2n) is 8.08. The third-order valence-electron chi connectivity index (χ3n) is 5.70. The number of hydrogen-bond acceptors (Lipinski definition) is 8. The van der Waals surface area contributed by atoms with Gasteiger partial charge in [-0.2, -0.15) is 0 Å². The van der Waals surface area contributed by atoms with Gasteiger partial charge >= 0.3 is 0 Å². The monoisotopic (exact) mass is 498 g/mol. The second-order valence-corrected chi connectivity index (χ2v) is 8.08. The summed E-state index contributed by atoms with van der Waals surface area (Å²) in [5.41, 5.74) is -0.0310. The van der Waals surface area contributed by atoms with Crippen LogP contribution in [0.15, 0.2) is 49.2 Å². The van der Waals surface area contributed by atoms with Crippen LogP contribution in [0.3, 0.4) is 0 Å². The van der Waals surface area contributed by atoms with Crippen LogP contribution < -0.4 is 20.7 Å². The van der Waals surface area contributed by atoms with Crippen molar-refractivity contribution in [3.63, 3.8) is 0 Å². The van der Waals surface area contributed by atoms with Gasteiger partial charge in [-0.25, -0.2) is 18.7 Å². The van der Waals surface area contributed by atoms with Crippen LogP contribution in [-0.2, 0) is 22.8 Å². The molecule has 12 heteroatoms. The lowest BCUT2D eigenvalue weighted by Crippen LogP contribution is -2.59. The molecule has 0 aliphatic carbocycles. The number of pyridine rings is 1. The zero-order chi connectivity index (χ0) is 25.5. The quantitative estimate of drug-likeness (QED) is 0.411. The normalized spacial score (nSPS) is 16.9. The number of aromatic nitrogens is 3. The predicted molar refractivity (Wildman–Crippen MR) is 125 cm³/mol. The molecule has 1 saturated heterocycles. The molecule has 1 atom stereocenters. The van der Waals surface area contributed by atoms with Gasteiger partial charge in [-0.3, -0.25) is 14.6 Å². The molecule has 1 aliphatic rings. The van der Waals surface area contributed by atoms with Crippen molar-refractivity contribution in [3.8, 4) is 5.75 Å². The van der Waals surface area contributed by atoms with Crippen molar-refractivity contribution in [3.05, 3.63) is 71.8 Å². The third-order valence-corrected chi connectivity index (χ3v) is 5.70. The Hall–Kier alpha value is -4.19. The van der Waals surface area contributed by atoms with Crippen molar-refractivity contribution in [2.24, 2.45) is 0 Å². The summed E-state index contributed by atoms with van der Waals surface area (Å²) in [4.78, 5) is 37.3. The van der Waals surface area contributed by atoms with E-state index >= 15 is 0 Å². The first-order valence-corrected chi connectivity index (χ1v) is 11.0. The number of amides is 2. The van der Waals surface area contributed by atoms with E-state index in [0.29, 0.717) is 22.7 Å². The largest absolute Gasteiger partial charge is 0.497 e. The molecule has 2 amide bonds. The first kappa shape index (κ1) is 24.9. The Morgan fingerprint density at radius 1 is 1.19 bits per heavy atom. The van der Waals surface area contributed by atoms with Gasteiger partial charge in [0.2, 0.25) is 5.91 Å². The maximum absolute atomic E-state index is 14.8. The van der Waals surface area contributed by atoms with Crippen LogP contribution in [0, 0.1) is 5.82 Å². The van der Waals surface area contributed by atoms with Gasteiger partial charge in [0.15, 0.2) is 0 Å². The smallest absolute Gasteiger partial charge is 0.255 e. The molecular formula is C24H24F2N6O4. The SMILES string of the molecule is COc1ccc(Nc2cnc(CNC(=O)[C@]3(NC(=O)c4cncnc4)CCOC3)c(F)c2)c(CF)c1. The molecule has 3 N–H and O–H groups in total. The van der Waals surface area contributed by atoms with E-state index in [9.17, 15) is 18.4 Å². The summed E-state index contributed by atoms with van der Waals surface area (Å²) in [7, 11) is 1.48. The van der Waals surface area contributed by atoms with E-state index in [1.54, 1.807) is 18.2 Å². The Morgan fingerprint density at radius 2 is 2.00 bits per heavy atom. The van der Waals surface area contributed by atoms with E-state index in [-0.39, 0.29) is 37.4 Å². The average molecular weight is 498 g/mol. The molecule has 1 aliphatic heterocycles. The molecule has 0 radical (unpaired) electrons. The Balaban J connectivity index is 1.41. The number of benzene rings is 1. The van der Waals surface area contributed by atoms with E-state index in [2.05, 4.69) is 30.9 Å². The summed E-state index contributed by atoms with van der Waals surface area (Å²) < 4.78 is 38.6. The van der Waals surface area contributed by atoms with Gasteiger partial charge in [0, 0.05) is 42.7 Å². The van der Waals surface area contributed by atoms with E-state index in [4.69, 9.17) is 9.47 Å². The Kier molecular flexibility index (Phi) is 7.64. The zero-order valence-electron chi connectivity index (χ0n) is 19.4. The minimum Gasteiger partial charge on any atom is -0.497 e. The summed E-state index contributed by atoms with van der Waals surface area (Å²) in [5.74, 6) is -1.22. The van der Waals surface area contributed by atoms with E-state index < -0.39 is 29.8 Å². The fourth-order valence-electron chi connectivity index (χ4n) is 3.69. The molecule has 2 aromatic heterocycles. The average Bonchev–Trinajstić information content (AvgIpc) is 3.38. The maximum atomic E-state index is 14.8. The van der Waals surface area contributed by atoms with Crippen molar-refractivity contribution in [2.75, 3.05) is 25.6 Å². The second kappa shape index (κ2) is 11.0. The van der Waals surface area contributed by atoms with E-state index in [1.165, 1.54) is 38.1 Å². The highest BCUT2D eigenvalue weighted by molar-refractivity contribution is 5.99. The van der Waals surface area contributed by atoms with Gasteiger partial charge in [0.25, 0.3) is 5.91 Å². The zero-order valence-corrected chi connectivity index (χ0v) is 19.4. The Bertz CT molecular complexity index is 1240. The number of alkyl halides is 1. The van der Waals surface area contributed by atoms with Crippen LogP contribution in [0.25, 0.3) is 0 Å². The molecule has 10 nitrogen and oxygen atoms in total. The number of rotatable bonds is 9. The summed E-state index contributed by atoms with van der Waals surface area (Å²) >= 11 is 0. The van der Waals surface area contributed by atoms with Crippen LogP contribution >= 0.6 is 0 Å². The molecule has 0 bridgehead atoms. The van der Waals surface area contributed by atoms with Gasteiger partial charge in [-0.15, -0.1) is 0 Å². The number of methoxy groups -OCH3 is 1. The Labute approximate surface area is 205 Å². The molecule has 0 unspecified atom stereocenters. The molecule has 36 heavy (non-hydrogen) atoms. The summed E-state index contributed by atoms with van der Waals surface area (Å²) in [5, 5.41) is 8.26. The molecule has 0 spiro atoms. The van der Waals surface area contributed by atoms with Crippen molar-refractivity contribution in [1.29, 1.82) is 0 Å². The number of carbonyl (C=O) groups excluding carboxylic acids is 2. The van der Waals surface area contributed by atoms with Crippen molar-refractivity contribution in [1.82, 2.24) is 25.6 Å². The number of ether oxygens (including phenoxy) is 2. The van der Waals surface area contributed by atoms with Crippen LogP contribution in [0.4, 0.5) is 20.2 Å². The highest BCUT2D eigenvalue weighted by atomic mass is 19.1. The molecule has 4 rings (SSSR count). The fourth-order valence-corrected chi connectivity index (χ4v) is 3.69. The maximum Gasteiger partial charge on any atom is 0.255 e. The molecule has 1 fully saturated rings. The van der Waals surface area contributed by atoms with Gasteiger partial charge in [0.05, 0.1) is 43.4 Å². The lowest BCUT2D eigenvalue weighted by Gasteiger charge is -2.27. The summed E-state index contributed by atoms with van der Waals surface area (Å²) in [6.07, 6.45) is 5.58. The number of halogens is 2. The van der Waals surface area contributed by atoms with E-state index in [0.717, 1.165) is 0 Å². The van der Waals surface area contributed by atoms with Crippen LogP contribution in [0.2, 0.25) is 0 Å². The van der Waals surface area contributed by atoms with Crippen LogP contribution in [0.5, 0.6) is 5.75 Å². The lowest BCUT2D eigenvalue weighted by molar-refractivity contribution is -0.127. The number of nitrogens with one attached hydrogen (secondary N) is 3. The number of anilines is 2. The fraction of sp³-hybridized carbons (Fsp3) is 0.292. The minimum absolute atomic E-state index is 0.00815. The number of hydrogen-bond donors (Lipinski definition) is 3. The van der Waals surface area contributed by atoms with Crippen LogP contribution in [0.1, 0.15) is 28.0 Å². The Morgan fingerprint density at radius 3 is 2.67 bits per heavy atom. The standard InChI is InChI=1S/C24H24F2N6O4/c1-35-18-2-3-20(15(6-18)8-25)31-17-7-19(26)21(29-11-17)12-30-23(34)24(4-5-36-13-24)32-22(33)16-9-27-14-28-10-16/h2-3,6-7,9-11,14,31H,4-5,8,12-13H2,1H3,(H,30,34)(H,32,33)/t24-/m0/s1. The van der Waals surface area contributed by atoms with Gasteiger partial charge in [-0.05, 0) is 18.2 Å². The molecule has 0 saturated carbocycles. The third kappa shape index (κ3) is 5.54. The summed E-state index contributed by atoms with van der Waals surface area (Å²) in [6.45, 7) is -0.706. The van der Waals surface area contributed by atoms with Gasteiger partial charge < -0.3 is 25.4 Å². The summed E-state index contributed by atoms with van der Waals surface area (Å²) in [6, 6.07) is 6.02. The predicted octanol–water partition coefficient (Wildman–Crippen LogP) is 2.44. The molecule has 188 valence electrons.